The highest BCUT2D eigenvalue weighted by Gasteiger charge is 2.14. The molecule has 2 N–H and O–H groups in total. The molecule has 0 saturated carbocycles. The van der Waals surface area contributed by atoms with Gasteiger partial charge in [-0.25, -0.2) is 4.98 Å². The normalized spacial score (nSPS) is 15.8. The van der Waals surface area contributed by atoms with E-state index in [1.54, 1.807) is 18.3 Å². The molecular formula is C14H16N6O. The third-order valence-corrected chi connectivity index (χ3v) is 3.48. The molecule has 1 aliphatic rings. The molecule has 0 bridgehead atoms. The maximum atomic E-state index is 8.85. The van der Waals surface area contributed by atoms with Crippen molar-refractivity contribution in [2.24, 2.45) is 0 Å². The van der Waals surface area contributed by atoms with E-state index >= 15 is 0 Å². The van der Waals surface area contributed by atoms with Crippen LogP contribution in [0.1, 0.15) is 24.4 Å². The Morgan fingerprint density at radius 1 is 1.43 bits per heavy atom. The van der Waals surface area contributed by atoms with E-state index in [4.69, 9.17) is 9.78 Å². The minimum Gasteiger partial charge on any atom is -0.334 e. The molecule has 7 heteroatoms. The largest absolute Gasteiger partial charge is 0.334 e. The van der Waals surface area contributed by atoms with E-state index in [9.17, 15) is 0 Å². The molecule has 0 aromatic carbocycles. The van der Waals surface area contributed by atoms with E-state index in [1.165, 1.54) is 0 Å². The highest BCUT2D eigenvalue weighted by atomic mass is 16.5. The topological polar surface area (TPSA) is 99.7 Å². The number of rotatable bonds is 4. The maximum Gasteiger partial charge on any atom is 0.258 e. The summed E-state index contributed by atoms with van der Waals surface area (Å²) in [5, 5.41) is 19.6. The molecule has 1 saturated heterocycles. The van der Waals surface area contributed by atoms with Gasteiger partial charge in [-0.2, -0.15) is 10.2 Å². The van der Waals surface area contributed by atoms with Gasteiger partial charge in [0.25, 0.3) is 5.89 Å². The minimum absolute atomic E-state index is 0.333. The zero-order valence-corrected chi connectivity index (χ0v) is 11.5. The first-order chi connectivity index (χ1) is 10.3. The second-order valence-corrected chi connectivity index (χ2v) is 4.96. The Balaban J connectivity index is 1.64. The number of hydrogen-bond donors (Lipinski definition) is 2. The number of nitriles is 1. The maximum absolute atomic E-state index is 8.85. The van der Waals surface area contributed by atoms with Crippen LogP contribution in [0.5, 0.6) is 0 Å². The summed E-state index contributed by atoms with van der Waals surface area (Å²) in [6.07, 6.45) is 3.78. The SMILES string of the molecule is N#Cc1cc(-c2nc(CNC3CCNCC3)no2)ccn1. The van der Waals surface area contributed by atoms with Gasteiger partial charge in [0.05, 0.1) is 6.54 Å². The van der Waals surface area contributed by atoms with Crippen molar-refractivity contribution in [3.8, 4) is 17.5 Å². The van der Waals surface area contributed by atoms with Gasteiger partial charge in [-0.3, -0.25) is 0 Å². The van der Waals surface area contributed by atoms with Crippen molar-refractivity contribution in [3.05, 3.63) is 29.8 Å². The van der Waals surface area contributed by atoms with Gasteiger partial charge < -0.3 is 15.2 Å². The molecule has 3 rings (SSSR count). The monoisotopic (exact) mass is 284 g/mol. The summed E-state index contributed by atoms with van der Waals surface area (Å²) in [7, 11) is 0. The number of nitrogens with zero attached hydrogens (tertiary/aromatic N) is 4. The predicted octanol–water partition coefficient (Wildman–Crippen LogP) is 0.845. The quantitative estimate of drug-likeness (QED) is 0.858. The van der Waals surface area contributed by atoms with Crippen LogP contribution in [0.25, 0.3) is 11.5 Å². The second-order valence-electron chi connectivity index (χ2n) is 4.96. The van der Waals surface area contributed by atoms with E-state index in [-0.39, 0.29) is 0 Å². The zero-order valence-electron chi connectivity index (χ0n) is 11.5. The molecule has 108 valence electrons. The highest BCUT2D eigenvalue weighted by Crippen LogP contribution is 2.17. The average molecular weight is 284 g/mol. The van der Waals surface area contributed by atoms with Crippen LogP contribution in [0.15, 0.2) is 22.9 Å². The van der Waals surface area contributed by atoms with E-state index in [0.717, 1.165) is 25.9 Å². The van der Waals surface area contributed by atoms with Crippen molar-refractivity contribution in [2.45, 2.75) is 25.4 Å². The van der Waals surface area contributed by atoms with Crippen molar-refractivity contribution in [3.63, 3.8) is 0 Å². The first-order valence-corrected chi connectivity index (χ1v) is 6.98. The highest BCUT2D eigenvalue weighted by molar-refractivity contribution is 5.53. The van der Waals surface area contributed by atoms with Crippen LogP contribution in [0, 0.1) is 11.3 Å². The molecule has 3 heterocycles. The zero-order chi connectivity index (χ0) is 14.5. The molecule has 2 aromatic heterocycles. The summed E-state index contributed by atoms with van der Waals surface area (Å²) >= 11 is 0. The lowest BCUT2D eigenvalue weighted by Gasteiger charge is -2.22. The molecular weight excluding hydrogens is 268 g/mol. The summed E-state index contributed by atoms with van der Waals surface area (Å²) in [5.41, 5.74) is 1.04. The van der Waals surface area contributed by atoms with Crippen molar-refractivity contribution < 1.29 is 4.52 Å². The molecule has 0 radical (unpaired) electrons. The summed E-state index contributed by atoms with van der Waals surface area (Å²) in [6.45, 7) is 2.68. The predicted molar refractivity (Wildman–Crippen MR) is 75.0 cm³/mol. The molecule has 0 aliphatic carbocycles. The van der Waals surface area contributed by atoms with Gasteiger partial charge in [0.1, 0.15) is 11.8 Å². The molecule has 1 aliphatic heterocycles. The molecule has 1 fully saturated rings. The van der Waals surface area contributed by atoms with Crippen molar-refractivity contribution in [1.29, 1.82) is 5.26 Å². The van der Waals surface area contributed by atoms with Crippen molar-refractivity contribution in [1.82, 2.24) is 25.8 Å². The molecule has 0 amide bonds. The lowest BCUT2D eigenvalue weighted by atomic mass is 10.1. The Morgan fingerprint density at radius 2 is 2.29 bits per heavy atom. The van der Waals surface area contributed by atoms with E-state index < -0.39 is 0 Å². The fourth-order valence-electron chi connectivity index (χ4n) is 2.33. The molecule has 7 nitrogen and oxygen atoms in total. The van der Waals surface area contributed by atoms with E-state index in [0.29, 0.717) is 35.6 Å². The van der Waals surface area contributed by atoms with Crippen molar-refractivity contribution >= 4 is 0 Å². The van der Waals surface area contributed by atoms with Crippen LogP contribution in [0.2, 0.25) is 0 Å². The number of piperidine rings is 1. The smallest absolute Gasteiger partial charge is 0.258 e. The lowest BCUT2D eigenvalue weighted by molar-refractivity contribution is 0.374. The first kappa shape index (κ1) is 13.7. The van der Waals surface area contributed by atoms with Gasteiger partial charge in [0.15, 0.2) is 5.82 Å². The minimum atomic E-state index is 0.333. The molecule has 0 atom stereocenters. The van der Waals surface area contributed by atoms with Crippen LogP contribution in [0.3, 0.4) is 0 Å². The molecule has 21 heavy (non-hydrogen) atoms. The fraction of sp³-hybridized carbons (Fsp3) is 0.429. The van der Waals surface area contributed by atoms with Gasteiger partial charge in [-0.15, -0.1) is 0 Å². The Bertz CT molecular complexity index is 641. The fourth-order valence-corrected chi connectivity index (χ4v) is 2.33. The van der Waals surface area contributed by atoms with Gasteiger partial charge in [0, 0.05) is 17.8 Å². The molecule has 2 aromatic rings. The number of aromatic nitrogens is 3. The van der Waals surface area contributed by atoms with Gasteiger partial charge >= 0.3 is 0 Å². The van der Waals surface area contributed by atoms with Crippen LogP contribution < -0.4 is 10.6 Å². The molecule has 0 spiro atoms. The molecule has 0 unspecified atom stereocenters. The number of nitrogens with one attached hydrogen (secondary N) is 2. The summed E-state index contributed by atoms with van der Waals surface area (Å²) in [4.78, 5) is 8.27. The van der Waals surface area contributed by atoms with Gasteiger partial charge in [0.2, 0.25) is 0 Å². The summed E-state index contributed by atoms with van der Waals surface area (Å²) in [5.74, 6) is 1.04. The second kappa shape index (κ2) is 6.43. The third-order valence-electron chi connectivity index (χ3n) is 3.48. The van der Waals surface area contributed by atoms with Crippen molar-refractivity contribution in [2.75, 3.05) is 13.1 Å². The number of hydrogen-bond acceptors (Lipinski definition) is 7. The van der Waals surface area contributed by atoms with Crippen LogP contribution in [0.4, 0.5) is 0 Å². The van der Waals surface area contributed by atoms with E-state index in [2.05, 4.69) is 25.8 Å². The average Bonchev–Trinajstić information content (AvgIpc) is 3.03. The first-order valence-electron chi connectivity index (χ1n) is 6.98. The lowest BCUT2D eigenvalue weighted by Crippen LogP contribution is -2.39. The Labute approximate surface area is 122 Å². The third kappa shape index (κ3) is 3.42. The standard InChI is InChI=1S/C14H16N6O/c15-8-12-7-10(1-6-17-12)14-19-13(20-21-14)9-18-11-2-4-16-5-3-11/h1,6-7,11,16,18H,2-5,9H2. The van der Waals surface area contributed by atoms with E-state index in [1.807, 2.05) is 6.07 Å². The summed E-state index contributed by atoms with van der Waals surface area (Å²) in [6, 6.07) is 5.88. The Morgan fingerprint density at radius 3 is 3.10 bits per heavy atom. The Kier molecular flexibility index (Phi) is 4.19. The van der Waals surface area contributed by atoms with Crippen LogP contribution >= 0.6 is 0 Å². The van der Waals surface area contributed by atoms with Crippen LogP contribution in [-0.4, -0.2) is 34.3 Å². The Hall–Kier alpha value is -2.30. The number of pyridine rings is 1. The van der Waals surface area contributed by atoms with Gasteiger partial charge in [-0.1, -0.05) is 5.16 Å². The summed E-state index contributed by atoms with van der Waals surface area (Å²) < 4.78 is 5.24. The van der Waals surface area contributed by atoms with Gasteiger partial charge in [-0.05, 0) is 38.1 Å². The van der Waals surface area contributed by atoms with Crippen LogP contribution in [-0.2, 0) is 6.54 Å².